The minimum Gasteiger partial charge on any atom is -0.296 e. The lowest BCUT2D eigenvalue weighted by molar-refractivity contribution is 0.388. The normalized spacial score (nSPS) is 10.2. The molecule has 2 aromatic heterocycles. The average molecular weight is 198 g/mol. The van der Waals surface area contributed by atoms with Gasteiger partial charge in [0.05, 0.1) is 5.56 Å². The molecule has 6 heteroatoms. The van der Waals surface area contributed by atoms with E-state index in [1.807, 2.05) is 0 Å². The van der Waals surface area contributed by atoms with E-state index in [0.717, 1.165) is 0 Å². The summed E-state index contributed by atoms with van der Waals surface area (Å²) < 4.78 is 4.33. The minimum absolute atomic E-state index is 0.270. The Hall–Kier alpha value is -1.62. The van der Waals surface area contributed by atoms with Crippen molar-refractivity contribution < 1.29 is 4.52 Å². The maximum Gasteiger partial charge on any atom is 0.439 e. The number of halogens is 1. The minimum atomic E-state index is -0.616. The summed E-state index contributed by atoms with van der Waals surface area (Å²) in [6.45, 7) is 0. The van der Waals surface area contributed by atoms with Crippen molar-refractivity contribution in [3.8, 4) is 11.4 Å². The van der Waals surface area contributed by atoms with Crippen molar-refractivity contribution in [2.75, 3.05) is 0 Å². The number of hydrogen-bond acceptors (Lipinski definition) is 4. The number of pyridine rings is 1. The molecule has 5 nitrogen and oxygen atoms in total. The molecule has 0 amide bonds. The van der Waals surface area contributed by atoms with E-state index in [4.69, 9.17) is 11.6 Å². The van der Waals surface area contributed by atoms with Gasteiger partial charge in [0, 0.05) is 6.20 Å². The Morgan fingerprint density at radius 3 is 3.00 bits per heavy atom. The van der Waals surface area contributed by atoms with E-state index in [0.29, 0.717) is 5.56 Å². The molecular weight excluding hydrogens is 194 g/mol. The van der Waals surface area contributed by atoms with Crippen molar-refractivity contribution in [3.05, 3.63) is 34.0 Å². The highest BCUT2D eigenvalue weighted by Gasteiger charge is 2.07. The molecule has 0 aliphatic heterocycles. The Labute approximate surface area is 77.4 Å². The van der Waals surface area contributed by atoms with Gasteiger partial charge in [0.1, 0.15) is 5.15 Å². The van der Waals surface area contributed by atoms with Crippen LogP contribution in [-0.2, 0) is 0 Å². The SMILES string of the molecule is O=c1[nH]c(-c2cccnc2Cl)no1. The molecule has 0 unspecified atom stereocenters. The fourth-order valence-corrected chi connectivity index (χ4v) is 1.12. The highest BCUT2D eigenvalue weighted by Crippen LogP contribution is 2.20. The van der Waals surface area contributed by atoms with Crippen LogP contribution in [0.4, 0.5) is 0 Å². The Bertz CT molecular complexity index is 476. The van der Waals surface area contributed by atoms with E-state index in [2.05, 4.69) is 19.6 Å². The van der Waals surface area contributed by atoms with Crippen molar-refractivity contribution in [1.82, 2.24) is 15.1 Å². The molecule has 0 aromatic carbocycles. The number of hydrogen-bond donors (Lipinski definition) is 1. The van der Waals surface area contributed by atoms with Crippen molar-refractivity contribution in [2.45, 2.75) is 0 Å². The van der Waals surface area contributed by atoms with Gasteiger partial charge in [-0.15, -0.1) is 0 Å². The van der Waals surface area contributed by atoms with Crippen molar-refractivity contribution in [2.24, 2.45) is 0 Å². The summed E-state index contributed by atoms with van der Waals surface area (Å²) in [5.74, 6) is -0.335. The molecule has 0 radical (unpaired) electrons. The number of nitrogens with one attached hydrogen (secondary N) is 1. The second kappa shape index (κ2) is 3.02. The van der Waals surface area contributed by atoms with Crippen LogP contribution in [0.25, 0.3) is 11.4 Å². The number of aromatic amines is 1. The fraction of sp³-hybridized carbons (Fsp3) is 0. The van der Waals surface area contributed by atoms with Gasteiger partial charge in [-0.05, 0) is 12.1 Å². The van der Waals surface area contributed by atoms with E-state index < -0.39 is 5.76 Å². The summed E-state index contributed by atoms with van der Waals surface area (Å²) in [5.41, 5.74) is 0.537. The first-order valence-corrected chi connectivity index (χ1v) is 3.82. The molecule has 0 fully saturated rings. The van der Waals surface area contributed by atoms with Gasteiger partial charge in [0.2, 0.25) is 0 Å². The van der Waals surface area contributed by atoms with Gasteiger partial charge < -0.3 is 0 Å². The molecule has 13 heavy (non-hydrogen) atoms. The van der Waals surface area contributed by atoms with E-state index in [9.17, 15) is 4.79 Å². The van der Waals surface area contributed by atoms with Gasteiger partial charge in [0.15, 0.2) is 5.82 Å². The van der Waals surface area contributed by atoms with Gasteiger partial charge in [0.25, 0.3) is 0 Å². The molecule has 0 saturated heterocycles. The van der Waals surface area contributed by atoms with Gasteiger partial charge in [-0.1, -0.05) is 16.8 Å². The summed E-state index contributed by atoms with van der Waals surface area (Å²) >= 11 is 5.75. The third kappa shape index (κ3) is 1.46. The van der Waals surface area contributed by atoms with Crippen LogP contribution >= 0.6 is 11.6 Å². The monoisotopic (exact) mass is 197 g/mol. The van der Waals surface area contributed by atoms with E-state index in [-0.39, 0.29) is 11.0 Å². The zero-order valence-electron chi connectivity index (χ0n) is 6.32. The Kier molecular flexibility index (Phi) is 1.86. The maximum atomic E-state index is 10.6. The average Bonchev–Trinajstić information content (AvgIpc) is 2.53. The second-order valence-electron chi connectivity index (χ2n) is 2.29. The predicted octanol–water partition coefficient (Wildman–Crippen LogP) is 1.08. The zero-order chi connectivity index (χ0) is 9.26. The molecule has 0 spiro atoms. The van der Waals surface area contributed by atoms with Crippen LogP contribution in [0.5, 0.6) is 0 Å². The van der Waals surface area contributed by atoms with Gasteiger partial charge in [-0.25, -0.2) is 9.78 Å². The molecule has 0 bridgehead atoms. The molecule has 2 aromatic rings. The topological polar surface area (TPSA) is 71.8 Å². The molecule has 0 aliphatic rings. The second-order valence-corrected chi connectivity index (χ2v) is 2.64. The summed E-state index contributed by atoms with van der Waals surface area (Å²) in [7, 11) is 0. The van der Waals surface area contributed by atoms with Crippen molar-refractivity contribution in [1.29, 1.82) is 0 Å². The summed E-state index contributed by atoms with van der Waals surface area (Å²) in [6, 6.07) is 3.37. The fourth-order valence-electron chi connectivity index (χ4n) is 0.909. The number of rotatable bonds is 1. The van der Waals surface area contributed by atoms with Crippen molar-refractivity contribution >= 4 is 11.6 Å². The van der Waals surface area contributed by atoms with Crippen molar-refractivity contribution in [3.63, 3.8) is 0 Å². The third-order valence-corrected chi connectivity index (χ3v) is 1.76. The lowest BCUT2D eigenvalue weighted by Gasteiger charge is -1.94. The zero-order valence-corrected chi connectivity index (χ0v) is 7.08. The van der Waals surface area contributed by atoms with Gasteiger partial charge in [-0.3, -0.25) is 9.51 Å². The first-order valence-electron chi connectivity index (χ1n) is 3.44. The molecule has 2 rings (SSSR count). The smallest absolute Gasteiger partial charge is 0.296 e. The summed E-state index contributed by atoms with van der Waals surface area (Å²) in [5, 5.41) is 3.75. The van der Waals surface area contributed by atoms with E-state index >= 15 is 0 Å². The van der Waals surface area contributed by atoms with Crippen LogP contribution < -0.4 is 5.76 Å². The lowest BCUT2D eigenvalue weighted by Crippen LogP contribution is -1.95. The predicted molar refractivity (Wildman–Crippen MR) is 45.4 cm³/mol. The van der Waals surface area contributed by atoms with E-state index in [1.165, 1.54) is 0 Å². The van der Waals surface area contributed by atoms with Crippen LogP contribution in [0.1, 0.15) is 0 Å². The lowest BCUT2D eigenvalue weighted by atomic mass is 10.3. The Morgan fingerprint density at radius 2 is 2.38 bits per heavy atom. The molecular formula is C7H4ClN3O2. The van der Waals surface area contributed by atoms with Crippen LogP contribution in [0.2, 0.25) is 5.15 Å². The molecule has 1 N–H and O–H groups in total. The number of aromatic nitrogens is 3. The molecule has 0 saturated carbocycles. The Balaban J connectivity index is 2.58. The largest absolute Gasteiger partial charge is 0.439 e. The molecule has 0 aliphatic carbocycles. The van der Waals surface area contributed by atoms with Crippen LogP contribution in [0.15, 0.2) is 27.6 Å². The summed E-state index contributed by atoms with van der Waals surface area (Å²) in [4.78, 5) is 16.8. The molecule has 0 atom stereocenters. The quantitative estimate of drug-likeness (QED) is 0.695. The van der Waals surface area contributed by atoms with Crippen LogP contribution in [-0.4, -0.2) is 15.1 Å². The highest BCUT2D eigenvalue weighted by molar-refractivity contribution is 6.31. The summed E-state index contributed by atoms with van der Waals surface area (Å²) in [6.07, 6.45) is 1.55. The number of nitrogens with zero attached hydrogens (tertiary/aromatic N) is 2. The Morgan fingerprint density at radius 1 is 1.54 bits per heavy atom. The first-order chi connectivity index (χ1) is 6.27. The van der Waals surface area contributed by atoms with Crippen LogP contribution in [0.3, 0.4) is 0 Å². The van der Waals surface area contributed by atoms with Gasteiger partial charge >= 0.3 is 5.76 Å². The maximum absolute atomic E-state index is 10.6. The molecule has 66 valence electrons. The molecule has 2 heterocycles. The van der Waals surface area contributed by atoms with Gasteiger partial charge in [-0.2, -0.15) is 0 Å². The number of H-pyrrole nitrogens is 1. The standard InChI is InChI=1S/C7H4ClN3O2/c8-5-4(2-1-3-9-5)6-10-7(12)13-11-6/h1-3H,(H,10,11,12). The first kappa shape index (κ1) is 8.00. The highest BCUT2D eigenvalue weighted by atomic mass is 35.5. The third-order valence-electron chi connectivity index (χ3n) is 1.45. The van der Waals surface area contributed by atoms with Crippen LogP contribution in [0, 0.1) is 0 Å². The van der Waals surface area contributed by atoms with E-state index in [1.54, 1.807) is 18.3 Å².